The van der Waals surface area contributed by atoms with Crippen molar-refractivity contribution in [1.82, 2.24) is 4.98 Å². The molecule has 2 atom stereocenters. The van der Waals surface area contributed by atoms with Crippen molar-refractivity contribution in [3.05, 3.63) is 18.3 Å². The summed E-state index contributed by atoms with van der Waals surface area (Å²) in [5.41, 5.74) is 6.57. The number of piperidine rings is 1. The number of aromatic nitrogens is 1. The van der Waals surface area contributed by atoms with Gasteiger partial charge >= 0.3 is 0 Å². The lowest BCUT2D eigenvalue weighted by Crippen LogP contribution is -2.39. The van der Waals surface area contributed by atoms with Crippen LogP contribution in [0.2, 0.25) is 0 Å². The molecule has 1 fully saturated rings. The van der Waals surface area contributed by atoms with E-state index in [1.54, 1.807) is 6.20 Å². The lowest BCUT2D eigenvalue weighted by atomic mass is 9.92. The molecule has 1 aliphatic rings. The Morgan fingerprint density at radius 2 is 2.00 bits per heavy atom. The van der Waals surface area contributed by atoms with Gasteiger partial charge in [0.25, 0.3) is 0 Å². The largest absolute Gasteiger partial charge is 0.399 e. The zero-order chi connectivity index (χ0) is 10.8. The average Bonchev–Trinajstić information content (AvgIpc) is 2.16. The van der Waals surface area contributed by atoms with Crippen LogP contribution in [0.1, 0.15) is 20.3 Å². The van der Waals surface area contributed by atoms with Gasteiger partial charge in [-0.05, 0) is 24.3 Å². The third-order valence-electron chi connectivity index (χ3n) is 2.96. The average molecular weight is 205 g/mol. The van der Waals surface area contributed by atoms with E-state index in [0.717, 1.165) is 36.4 Å². The summed E-state index contributed by atoms with van der Waals surface area (Å²) in [5, 5.41) is 0. The number of nitrogen functional groups attached to an aromatic ring is 1. The third-order valence-corrected chi connectivity index (χ3v) is 2.96. The van der Waals surface area contributed by atoms with Crippen molar-refractivity contribution in [2.24, 2.45) is 11.8 Å². The maximum Gasteiger partial charge on any atom is 0.130 e. The molecule has 82 valence electrons. The number of pyridine rings is 1. The van der Waals surface area contributed by atoms with E-state index >= 15 is 0 Å². The molecule has 2 rings (SSSR count). The Labute approximate surface area is 91.3 Å². The molecule has 1 aromatic rings. The van der Waals surface area contributed by atoms with Crippen molar-refractivity contribution in [3.63, 3.8) is 0 Å². The Balaban J connectivity index is 2.16. The lowest BCUT2D eigenvalue weighted by Gasteiger charge is -2.35. The minimum Gasteiger partial charge on any atom is -0.399 e. The number of hydrogen-bond acceptors (Lipinski definition) is 3. The summed E-state index contributed by atoms with van der Waals surface area (Å²) in [5.74, 6) is 2.52. The van der Waals surface area contributed by atoms with Crippen LogP contribution in [-0.2, 0) is 0 Å². The summed E-state index contributed by atoms with van der Waals surface area (Å²) in [6, 6.07) is 3.80. The van der Waals surface area contributed by atoms with Gasteiger partial charge in [0.2, 0.25) is 0 Å². The van der Waals surface area contributed by atoms with E-state index in [4.69, 9.17) is 5.73 Å². The van der Waals surface area contributed by atoms with Crippen LogP contribution in [-0.4, -0.2) is 18.1 Å². The second kappa shape index (κ2) is 4.09. The van der Waals surface area contributed by atoms with Gasteiger partial charge in [-0.15, -0.1) is 0 Å². The Bertz CT molecular complexity index is 327. The molecule has 2 N–H and O–H groups in total. The molecule has 0 saturated carbocycles. The SMILES string of the molecule is CC1CC(C)CN(c2cc(N)ccn2)C1. The first kappa shape index (κ1) is 10.3. The highest BCUT2D eigenvalue weighted by Crippen LogP contribution is 2.25. The molecule has 0 spiro atoms. The van der Waals surface area contributed by atoms with Crippen molar-refractivity contribution in [3.8, 4) is 0 Å². The molecule has 0 aromatic carbocycles. The van der Waals surface area contributed by atoms with Gasteiger partial charge in [-0.25, -0.2) is 4.98 Å². The second-order valence-electron chi connectivity index (χ2n) is 4.80. The number of rotatable bonds is 1. The van der Waals surface area contributed by atoms with Crippen LogP contribution < -0.4 is 10.6 Å². The predicted molar refractivity (Wildman–Crippen MR) is 63.8 cm³/mol. The van der Waals surface area contributed by atoms with E-state index in [1.807, 2.05) is 12.1 Å². The topological polar surface area (TPSA) is 42.1 Å². The highest BCUT2D eigenvalue weighted by molar-refractivity contribution is 5.50. The first-order chi connectivity index (χ1) is 7.15. The molecule has 0 radical (unpaired) electrons. The Hall–Kier alpha value is -1.25. The number of anilines is 2. The molecule has 1 saturated heterocycles. The summed E-state index contributed by atoms with van der Waals surface area (Å²) < 4.78 is 0. The van der Waals surface area contributed by atoms with Gasteiger partial charge in [0.15, 0.2) is 0 Å². The smallest absolute Gasteiger partial charge is 0.130 e. The molecule has 0 bridgehead atoms. The van der Waals surface area contributed by atoms with Crippen LogP contribution in [0.25, 0.3) is 0 Å². The van der Waals surface area contributed by atoms with E-state index in [1.165, 1.54) is 6.42 Å². The fraction of sp³-hybridized carbons (Fsp3) is 0.583. The van der Waals surface area contributed by atoms with Gasteiger partial charge < -0.3 is 10.6 Å². The zero-order valence-electron chi connectivity index (χ0n) is 9.48. The number of nitrogens with zero attached hydrogens (tertiary/aromatic N) is 2. The summed E-state index contributed by atoms with van der Waals surface area (Å²) in [7, 11) is 0. The van der Waals surface area contributed by atoms with Crippen LogP contribution >= 0.6 is 0 Å². The molecule has 1 aromatic heterocycles. The van der Waals surface area contributed by atoms with E-state index in [9.17, 15) is 0 Å². The molecule has 2 heterocycles. The van der Waals surface area contributed by atoms with Crippen molar-refractivity contribution in [2.45, 2.75) is 20.3 Å². The van der Waals surface area contributed by atoms with Crippen molar-refractivity contribution < 1.29 is 0 Å². The van der Waals surface area contributed by atoms with Gasteiger partial charge in [0, 0.05) is 31.0 Å². The van der Waals surface area contributed by atoms with E-state index in [0.29, 0.717) is 0 Å². The van der Waals surface area contributed by atoms with Gasteiger partial charge in [0.05, 0.1) is 0 Å². The first-order valence-corrected chi connectivity index (χ1v) is 5.61. The summed E-state index contributed by atoms with van der Waals surface area (Å²) >= 11 is 0. The summed E-state index contributed by atoms with van der Waals surface area (Å²) in [6.07, 6.45) is 3.10. The second-order valence-corrected chi connectivity index (χ2v) is 4.80. The molecule has 3 heteroatoms. The Kier molecular flexibility index (Phi) is 2.80. The summed E-state index contributed by atoms with van der Waals surface area (Å²) in [4.78, 5) is 6.72. The minimum absolute atomic E-state index is 0.747. The predicted octanol–water partition coefficient (Wildman–Crippen LogP) is 2.15. The van der Waals surface area contributed by atoms with E-state index < -0.39 is 0 Å². The highest BCUT2D eigenvalue weighted by atomic mass is 15.2. The van der Waals surface area contributed by atoms with Crippen molar-refractivity contribution in [1.29, 1.82) is 0 Å². The maximum absolute atomic E-state index is 5.77. The van der Waals surface area contributed by atoms with Crippen molar-refractivity contribution in [2.75, 3.05) is 23.7 Å². The van der Waals surface area contributed by atoms with Crippen molar-refractivity contribution >= 4 is 11.5 Å². The fourth-order valence-corrected chi connectivity index (χ4v) is 2.46. The first-order valence-electron chi connectivity index (χ1n) is 5.61. The van der Waals surface area contributed by atoms with E-state index in [2.05, 4.69) is 23.7 Å². The van der Waals surface area contributed by atoms with Crippen LogP contribution in [0.4, 0.5) is 11.5 Å². The highest BCUT2D eigenvalue weighted by Gasteiger charge is 2.22. The van der Waals surface area contributed by atoms with Crippen LogP contribution in [0, 0.1) is 11.8 Å². The number of nitrogens with two attached hydrogens (primary N) is 1. The molecule has 15 heavy (non-hydrogen) atoms. The Morgan fingerprint density at radius 3 is 2.60 bits per heavy atom. The number of hydrogen-bond donors (Lipinski definition) is 1. The molecule has 0 amide bonds. The fourth-order valence-electron chi connectivity index (χ4n) is 2.46. The molecular formula is C12H19N3. The van der Waals surface area contributed by atoms with Gasteiger partial charge in [0.1, 0.15) is 5.82 Å². The standard InChI is InChI=1S/C12H19N3/c1-9-5-10(2)8-15(7-9)12-6-11(13)3-4-14-12/h3-4,6,9-10H,5,7-8H2,1-2H3,(H2,13,14). The normalized spacial score (nSPS) is 26.7. The van der Waals surface area contributed by atoms with Gasteiger partial charge in [-0.1, -0.05) is 13.8 Å². The molecule has 1 aliphatic heterocycles. The summed E-state index contributed by atoms with van der Waals surface area (Å²) in [6.45, 7) is 6.80. The third kappa shape index (κ3) is 2.41. The van der Waals surface area contributed by atoms with Gasteiger partial charge in [-0.2, -0.15) is 0 Å². The van der Waals surface area contributed by atoms with Crippen LogP contribution in [0.5, 0.6) is 0 Å². The molecular weight excluding hydrogens is 186 g/mol. The zero-order valence-corrected chi connectivity index (χ0v) is 9.48. The molecule has 0 aliphatic carbocycles. The maximum atomic E-state index is 5.77. The minimum atomic E-state index is 0.747. The monoisotopic (exact) mass is 205 g/mol. The van der Waals surface area contributed by atoms with Crippen LogP contribution in [0.15, 0.2) is 18.3 Å². The Morgan fingerprint density at radius 1 is 1.33 bits per heavy atom. The lowest BCUT2D eigenvalue weighted by molar-refractivity contribution is 0.355. The quantitative estimate of drug-likeness (QED) is 0.763. The molecule has 3 nitrogen and oxygen atoms in total. The van der Waals surface area contributed by atoms with Crippen LogP contribution in [0.3, 0.4) is 0 Å². The molecule has 2 unspecified atom stereocenters. The van der Waals surface area contributed by atoms with E-state index in [-0.39, 0.29) is 0 Å². The van der Waals surface area contributed by atoms with Gasteiger partial charge in [-0.3, -0.25) is 0 Å².